The van der Waals surface area contributed by atoms with Crippen molar-refractivity contribution in [3.05, 3.63) is 82.7 Å². The largest absolute Gasteiger partial charge is 0.487 e. The maximum atomic E-state index is 12.6. The van der Waals surface area contributed by atoms with Crippen LogP contribution in [0.5, 0.6) is 5.75 Å². The Hall–Kier alpha value is -3.37. The van der Waals surface area contributed by atoms with Gasteiger partial charge in [0.05, 0.1) is 31.0 Å². The number of morpholine rings is 1. The number of oxime groups is 1. The molecule has 0 unspecified atom stereocenters. The quantitative estimate of drug-likeness (QED) is 0.310. The molecule has 1 fully saturated rings. The molecule has 0 spiro atoms. The van der Waals surface area contributed by atoms with Crippen LogP contribution < -0.4 is 4.74 Å². The van der Waals surface area contributed by atoms with Crippen molar-refractivity contribution >= 4 is 5.71 Å². The highest BCUT2D eigenvalue weighted by molar-refractivity contribution is 5.98. The molecule has 3 aromatic rings. The molecular weight excluding hydrogens is 463 g/mol. The molecule has 1 saturated heterocycles. The highest BCUT2D eigenvalue weighted by Gasteiger charge is 2.29. The molecule has 10 heteroatoms. The van der Waals surface area contributed by atoms with Gasteiger partial charge in [-0.15, -0.1) is 0 Å². The fourth-order valence-corrected chi connectivity index (χ4v) is 3.47. The minimum atomic E-state index is -4.36. The topological polar surface area (TPSA) is 69.3 Å². The first-order chi connectivity index (χ1) is 16.9. The summed E-state index contributed by atoms with van der Waals surface area (Å²) in [5.41, 5.74) is 2.08. The predicted molar refractivity (Wildman–Crippen MR) is 122 cm³/mol. The maximum absolute atomic E-state index is 12.6. The first kappa shape index (κ1) is 24.7. The van der Waals surface area contributed by atoms with E-state index in [1.54, 1.807) is 6.92 Å². The van der Waals surface area contributed by atoms with E-state index in [2.05, 4.69) is 15.2 Å². The lowest BCUT2D eigenvalue weighted by Crippen LogP contribution is -2.35. The second-order valence-corrected chi connectivity index (χ2v) is 8.13. The minimum absolute atomic E-state index is 0.0713. The molecule has 0 N–H and O–H groups in total. The van der Waals surface area contributed by atoms with E-state index >= 15 is 0 Å². The Morgan fingerprint density at radius 1 is 1.03 bits per heavy atom. The Morgan fingerprint density at radius 2 is 1.74 bits per heavy atom. The van der Waals surface area contributed by atoms with E-state index in [-0.39, 0.29) is 13.2 Å². The standard InChI is InChI=1S/C25H26F3N3O4/c1-18(29-34-16-19-2-6-21(7-3-19)25(26,27)28)20-4-8-23(9-5-20)33-17-22-14-24(35-30-22)15-31-10-12-32-13-11-31/h2-9,14H,10-13,15-17H2,1H3. The van der Waals surface area contributed by atoms with Crippen molar-refractivity contribution in [1.82, 2.24) is 10.1 Å². The Bertz CT molecular complexity index is 1110. The number of hydrogen-bond donors (Lipinski definition) is 0. The smallest absolute Gasteiger partial charge is 0.416 e. The SMILES string of the molecule is CC(=NOCc1ccc(C(F)(F)F)cc1)c1ccc(OCc2cc(CN3CCOCC3)on2)cc1. The van der Waals surface area contributed by atoms with Crippen LogP contribution in [0.15, 0.2) is 64.3 Å². The molecular formula is C25H26F3N3O4. The van der Waals surface area contributed by atoms with Crippen LogP contribution in [-0.4, -0.2) is 42.1 Å². The van der Waals surface area contributed by atoms with Gasteiger partial charge < -0.3 is 18.8 Å². The van der Waals surface area contributed by atoms with Crippen LogP contribution in [0, 0.1) is 0 Å². The fourth-order valence-electron chi connectivity index (χ4n) is 3.47. The Morgan fingerprint density at radius 3 is 2.43 bits per heavy atom. The van der Waals surface area contributed by atoms with E-state index < -0.39 is 11.7 Å². The van der Waals surface area contributed by atoms with Crippen molar-refractivity contribution in [2.24, 2.45) is 5.16 Å². The van der Waals surface area contributed by atoms with Gasteiger partial charge in [0.2, 0.25) is 0 Å². The van der Waals surface area contributed by atoms with Crippen LogP contribution in [0.4, 0.5) is 13.2 Å². The van der Waals surface area contributed by atoms with Crippen LogP contribution in [0.25, 0.3) is 0 Å². The van der Waals surface area contributed by atoms with Gasteiger partial charge in [-0.05, 0) is 54.4 Å². The molecule has 4 rings (SSSR count). The number of halogens is 3. The van der Waals surface area contributed by atoms with Gasteiger partial charge in [0.15, 0.2) is 5.76 Å². The number of nitrogens with zero attached hydrogens (tertiary/aromatic N) is 3. The van der Waals surface area contributed by atoms with Crippen molar-refractivity contribution in [3.63, 3.8) is 0 Å². The monoisotopic (exact) mass is 489 g/mol. The Labute approximate surface area is 201 Å². The summed E-state index contributed by atoms with van der Waals surface area (Å²) >= 11 is 0. The van der Waals surface area contributed by atoms with Gasteiger partial charge >= 0.3 is 6.18 Å². The predicted octanol–water partition coefficient (Wildman–Crippen LogP) is 5.05. The molecule has 1 aromatic heterocycles. The summed E-state index contributed by atoms with van der Waals surface area (Å²) in [5, 5.41) is 8.12. The summed E-state index contributed by atoms with van der Waals surface area (Å²) in [6, 6.07) is 14.0. The summed E-state index contributed by atoms with van der Waals surface area (Å²) in [4.78, 5) is 7.55. The van der Waals surface area contributed by atoms with E-state index in [1.807, 2.05) is 30.3 Å². The normalized spacial score (nSPS) is 15.3. The van der Waals surface area contributed by atoms with Gasteiger partial charge in [0, 0.05) is 19.2 Å². The van der Waals surface area contributed by atoms with E-state index in [1.165, 1.54) is 12.1 Å². The van der Waals surface area contributed by atoms with E-state index in [9.17, 15) is 13.2 Å². The van der Waals surface area contributed by atoms with Crippen LogP contribution in [0.2, 0.25) is 0 Å². The summed E-state index contributed by atoms with van der Waals surface area (Å²) < 4.78 is 54.5. The van der Waals surface area contributed by atoms with Gasteiger partial charge in [-0.1, -0.05) is 22.4 Å². The first-order valence-corrected chi connectivity index (χ1v) is 11.2. The third-order valence-corrected chi connectivity index (χ3v) is 5.46. The molecule has 0 saturated carbocycles. The number of rotatable bonds is 9. The van der Waals surface area contributed by atoms with Gasteiger partial charge in [0.25, 0.3) is 0 Å². The van der Waals surface area contributed by atoms with Crippen LogP contribution >= 0.6 is 0 Å². The number of benzene rings is 2. The zero-order valence-corrected chi connectivity index (χ0v) is 19.3. The van der Waals surface area contributed by atoms with E-state index in [0.29, 0.717) is 29.3 Å². The van der Waals surface area contributed by atoms with Crippen molar-refractivity contribution in [2.45, 2.75) is 32.9 Å². The highest BCUT2D eigenvalue weighted by atomic mass is 19.4. The number of hydrogen-bond acceptors (Lipinski definition) is 7. The molecule has 186 valence electrons. The van der Waals surface area contributed by atoms with Gasteiger partial charge in [-0.25, -0.2) is 0 Å². The van der Waals surface area contributed by atoms with Gasteiger partial charge in [0.1, 0.15) is 24.7 Å². The summed E-state index contributed by atoms with van der Waals surface area (Å²) in [7, 11) is 0. The first-order valence-electron chi connectivity index (χ1n) is 11.2. The van der Waals surface area contributed by atoms with Crippen molar-refractivity contribution < 1.29 is 32.0 Å². The van der Waals surface area contributed by atoms with Crippen molar-refractivity contribution in [3.8, 4) is 5.75 Å². The molecule has 2 aromatic carbocycles. The molecule has 35 heavy (non-hydrogen) atoms. The Balaban J connectivity index is 1.23. The lowest BCUT2D eigenvalue weighted by molar-refractivity contribution is -0.137. The van der Waals surface area contributed by atoms with Crippen LogP contribution in [-0.2, 0) is 35.5 Å². The third kappa shape index (κ3) is 7.30. The number of alkyl halides is 3. The molecule has 2 heterocycles. The average molecular weight is 489 g/mol. The van der Waals surface area contributed by atoms with Crippen LogP contribution in [0.1, 0.15) is 35.1 Å². The van der Waals surface area contributed by atoms with Crippen LogP contribution in [0.3, 0.4) is 0 Å². The summed E-state index contributed by atoms with van der Waals surface area (Å²) in [6.45, 7) is 6.06. The maximum Gasteiger partial charge on any atom is 0.416 e. The van der Waals surface area contributed by atoms with E-state index in [4.69, 9.17) is 18.8 Å². The average Bonchev–Trinajstić information content (AvgIpc) is 3.30. The number of ether oxygens (including phenoxy) is 2. The molecule has 0 bridgehead atoms. The second-order valence-electron chi connectivity index (χ2n) is 8.13. The highest BCUT2D eigenvalue weighted by Crippen LogP contribution is 2.29. The second kappa shape index (κ2) is 11.4. The fraction of sp³-hybridized carbons (Fsp3) is 0.360. The molecule has 0 amide bonds. The molecule has 7 nitrogen and oxygen atoms in total. The minimum Gasteiger partial charge on any atom is -0.487 e. The zero-order valence-electron chi connectivity index (χ0n) is 19.3. The lowest BCUT2D eigenvalue weighted by atomic mass is 10.1. The summed E-state index contributed by atoms with van der Waals surface area (Å²) in [6.07, 6.45) is -4.36. The van der Waals surface area contributed by atoms with Crippen molar-refractivity contribution in [1.29, 1.82) is 0 Å². The Kier molecular flexibility index (Phi) is 8.04. The third-order valence-electron chi connectivity index (χ3n) is 5.46. The number of aromatic nitrogens is 1. The zero-order chi connectivity index (χ0) is 24.7. The van der Waals surface area contributed by atoms with E-state index in [0.717, 1.165) is 49.8 Å². The summed E-state index contributed by atoms with van der Waals surface area (Å²) in [5.74, 6) is 1.47. The molecule has 0 radical (unpaired) electrons. The molecule has 1 aliphatic heterocycles. The lowest BCUT2D eigenvalue weighted by Gasteiger charge is -2.25. The molecule has 0 atom stereocenters. The van der Waals surface area contributed by atoms with Gasteiger partial charge in [-0.3, -0.25) is 4.90 Å². The van der Waals surface area contributed by atoms with Crippen molar-refractivity contribution in [2.75, 3.05) is 26.3 Å². The molecule has 1 aliphatic rings. The van der Waals surface area contributed by atoms with Gasteiger partial charge in [-0.2, -0.15) is 13.2 Å². The molecule has 0 aliphatic carbocycles.